The molecule has 17 heavy (non-hydrogen) atoms. The van der Waals surface area contributed by atoms with E-state index in [9.17, 15) is 9.59 Å². The smallest absolute Gasteiger partial charge is 0.331 e. The summed E-state index contributed by atoms with van der Waals surface area (Å²) in [4.78, 5) is 25.0. The van der Waals surface area contributed by atoms with E-state index in [1.165, 1.54) is 17.7 Å². The number of rotatable bonds is 3. The van der Waals surface area contributed by atoms with Gasteiger partial charge in [-0.3, -0.25) is 14.3 Å². The van der Waals surface area contributed by atoms with Gasteiger partial charge in [0.15, 0.2) is 0 Å². The van der Waals surface area contributed by atoms with Crippen LogP contribution in [0.15, 0.2) is 46.0 Å². The van der Waals surface area contributed by atoms with Gasteiger partial charge in [0.1, 0.15) is 0 Å². The van der Waals surface area contributed by atoms with Crippen LogP contribution < -0.4 is 16.0 Å². The van der Waals surface area contributed by atoms with Gasteiger partial charge < -0.3 is 4.74 Å². The van der Waals surface area contributed by atoms with Crippen LogP contribution in [0.2, 0.25) is 0 Å². The number of ether oxygens (including phenoxy) is 1. The molecule has 0 spiro atoms. The summed E-state index contributed by atoms with van der Waals surface area (Å²) >= 11 is 0. The molecule has 88 valence electrons. The quantitative estimate of drug-likeness (QED) is 0.842. The second-order valence-corrected chi connectivity index (χ2v) is 3.55. The molecule has 1 heterocycles. The SMILES string of the molecule is COc1cc(=O)[nH]c(=O)n1Cc1ccccc1. The summed E-state index contributed by atoms with van der Waals surface area (Å²) in [6.07, 6.45) is 0. The topological polar surface area (TPSA) is 64.1 Å². The summed E-state index contributed by atoms with van der Waals surface area (Å²) in [5.41, 5.74) is 0.0225. The van der Waals surface area contributed by atoms with Gasteiger partial charge in [-0.1, -0.05) is 30.3 Å². The highest BCUT2D eigenvalue weighted by Crippen LogP contribution is 2.07. The van der Waals surface area contributed by atoms with Crippen LogP contribution in [-0.2, 0) is 6.54 Å². The molecule has 0 aliphatic carbocycles. The van der Waals surface area contributed by atoms with Crippen LogP contribution in [0.4, 0.5) is 0 Å². The molecule has 0 saturated carbocycles. The third kappa shape index (κ3) is 2.44. The van der Waals surface area contributed by atoms with Gasteiger partial charge in [-0.2, -0.15) is 0 Å². The number of nitrogens with one attached hydrogen (secondary N) is 1. The summed E-state index contributed by atoms with van der Waals surface area (Å²) in [6.45, 7) is 0.361. The monoisotopic (exact) mass is 232 g/mol. The zero-order valence-corrected chi connectivity index (χ0v) is 9.34. The Bertz CT molecular complexity index is 614. The average molecular weight is 232 g/mol. The number of methoxy groups -OCH3 is 1. The van der Waals surface area contributed by atoms with E-state index >= 15 is 0 Å². The first-order valence-electron chi connectivity index (χ1n) is 5.13. The Labute approximate surface area is 97.3 Å². The lowest BCUT2D eigenvalue weighted by Crippen LogP contribution is -2.30. The fraction of sp³-hybridized carbons (Fsp3) is 0.167. The maximum Gasteiger partial charge on any atom is 0.331 e. The number of nitrogens with zero attached hydrogens (tertiary/aromatic N) is 1. The summed E-state index contributed by atoms with van der Waals surface area (Å²) in [7, 11) is 1.43. The van der Waals surface area contributed by atoms with Crippen molar-refractivity contribution >= 4 is 0 Å². The van der Waals surface area contributed by atoms with Gasteiger partial charge >= 0.3 is 5.69 Å². The Hall–Kier alpha value is -2.30. The lowest BCUT2D eigenvalue weighted by Gasteiger charge is -2.10. The first-order valence-corrected chi connectivity index (χ1v) is 5.13. The third-order valence-electron chi connectivity index (χ3n) is 2.39. The normalized spacial score (nSPS) is 10.2. The Morgan fingerprint density at radius 3 is 2.59 bits per heavy atom. The predicted octanol–water partition coefficient (Wildman–Crippen LogP) is 0.593. The van der Waals surface area contributed by atoms with Crippen molar-refractivity contribution in [3.8, 4) is 5.88 Å². The lowest BCUT2D eigenvalue weighted by atomic mass is 10.2. The number of hydrogen-bond acceptors (Lipinski definition) is 3. The van der Waals surface area contributed by atoms with Crippen LogP contribution in [0.5, 0.6) is 5.88 Å². The van der Waals surface area contributed by atoms with Crippen molar-refractivity contribution in [1.29, 1.82) is 0 Å². The van der Waals surface area contributed by atoms with E-state index in [1.807, 2.05) is 30.3 Å². The van der Waals surface area contributed by atoms with Crippen molar-refractivity contribution < 1.29 is 4.74 Å². The van der Waals surface area contributed by atoms with Crippen molar-refractivity contribution in [2.75, 3.05) is 7.11 Å². The minimum Gasteiger partial charge on any atom is -0.482 e. The second kappa shape index (κ2) is 4.69. The minimum atomic E-state index is -0.474. The molecule has 1 N–H and O–H groups in total. The van der Waals surface area contributed by atoms with Crippen LogP contribution in [0.3, 0.4) is 0 Å². The Balaban J connectivity index is 2.46. The Morgan fingerprint density at radius 2 is 1.94 bits per heavy atom. The number of aromatic nitrogens is 2. The van der Waals surface area contributed by atoms with Crippen LogP contribution >= 0.6 is 0 Å². The minimum absolute atomic E-state index is 0.252. The second-order valence-electron chi connectivity index (χ2n) is 3.55. The van der Waals surface area contributed by atoms with E-state index in [2.05, 4.69) is 4.98 Å². The Kier molecular flexibility index (Phi) is 3.09. The van der Waals surface area contributed by atoms with Gasteiger partial charge in [-0.15, -0.1) is 0 Å². The predicted molar refractivity (Wildman–Crippen MR) is 63.4 cm³/mol. The molecule has 0 atom stereocenters. The van der Waals surface area contributed by atoms with Gasteiger partial charge in [0.25, 0.3) is 5.56 Å². The highest BCUT2D eigenvalue weighted by Gasteiger charge is 2.06. The molecule has 0 unspecified atom stereocenters. The van der Waals surface area contributed by atoms with Gasteiger partial charge in [-0.05, 0) is 5.56 Å². The van der Waals surface area contributed by atoms with E-state index < -0.39 is 11.2 Å². The molecule has 5 heteroatoms. The summed E-state index contributed by atoms with van der Waals surface area (Å²) in [5.74, 6) is 0.252. The van der Waals surface area contributed by atoms with E-state index in [0.717, 1.165) is 5.56 Å². The molecular formula is C12H12N2O3. The van der Waals surface area contributed by atoms with Gasteiger partial charge in [0.2, 0.25) is 5.88 Å². The molecule has 0 radical (unpaired) electrons. The number of benzene rings is 1. The summed E-state index contributed by atoms with van der Waals surface area (Å²) in [6, 6.07) is 10.7. The van der Waals surface area contributed by atoms with Gasteiger partial charge in [-0.25, -0.2) is 4.79 Å². The van der Waals surface area contributed by atoms with E-state index in [0.29, 0.717) is 6.54 Å². The van der Waals surface area contributed by atoms with Crippen LogP contribution in [-0.4, -0.2) is 16.7 Å². The molecular weight excluding hydrogens is 220 g/mol. The maximum atomic E-state index is 11.7. The van der Waals surface area contributed by atoms with Crippen LogP contribution in [0.1, 0.15) is 5.56 Å². The number of H-pyrrole nitrogens is 1. The standard InChI is InChI=1S/C12H12N2O3/c1-17-11-7-10(15)13-12(16)14(11)8-9-5-3-2-4-6-9/h2-7H,8H2,1H3,(H,13,15,16). The first-order chi connectivity index (χ1) is 8.20. The van der Waals surface area contributed by atoms with Crippen LogP contribution in [0.25, 0.3) is 0 Å². The zero-order valence-electron chi connectivity index (χ0n) is 9.34. The van der Waals surface area contributed by atoms with Crippen molar-refractivity contribution in [3.63, 3.8) is 0 Å². The highest BCUT2D eigenvalue weighted by atomic mass is 16.5. The molecule has 0 aliphatic rings. The molecule has 1 aromatic carbocycles. The summed E-state index contributed by atoms with van der Waals surface area (Å²) < 4.78 is 6.39. The van der Waals surface area contributed by atoms with E-state index in [1.54, 1.807) is 0 Å². The first kappa shape index (κ1) is 11.2. The molecule has 0 amide bonds. The third-order valence-corrected chi connectivity index (χ3v) is 2.39. The average Bonchev–Trinajstić information content (AvgIpc) is 2.33. The molecule has 2 rings (SSSR count). The molecule has 0 saturated heterocycles. The molecule has 0 fully saturated rings. The molecule has 1 aromatic heterocycles. The fourth-order valence-electron chi connectivity index (χ4n) is 1.58. The number of hydrogen-bond donors (Lipinski definition) is 1. The van der Waals surface area contributed by atoms with Crippen molar-refractivity contribution in [1.82, 2.24) is 9.55 Å². The summed E-state index contributed by atoms with van der Waals surface area (Å²) in [5, 5.41) is 0. The largest absolute Gasteiger partial charge is 0.482 e. The lowest BCUT2D eigenvalue weighted by molar-refractivity contribution is 0.366. The van der Waals surface area contributed by atoms with Crippen molar-refractivity contribution in [2.24, 2.45) is 0 Å². The molecule has 0 aliphatic heterocycles. The van der Waals surface area contributed by atoms with E-state index in [4.69, 9.17) is 4.74 Å². The van der Waals surface area contributed by atoms with Crippen molar-refractivity contribution in [2.45, 2.75) is 6.54 Å². The van der Waals surface area contributed by atoms with Gasteiger partial charge in [0.05, 0.1) is 19.7 Å². The Morgan fingerprint density at radius 1 is 1.24 bits per heavy atom. The van der Waals surface area contributed by atoms with E-state index in [-0.39, 0.29) is 5.88 Å². The molecule has 5 nitrogen and oxygen atoms in total. The highest BCUT2D eigenvalue weighted by molar-refractivity contribution is 5.17. The van der Waals surface area contributed by atoms with Crippen molar-refractivity contribution in [3.05, 3.63) is 62.8 Å². The molecule has 0 bridgehead atoms. The maximum absolute atomic E-state index is 11.7. The zero-order chi connectivity index (χ0) is 12.3. The molecule has 2 aromatic rings. The van der Waals surface area contributed by atoms with Crippen LogP contribution in [0, 0.1) is 0 Å². The fourth-order valence-corrected chi connectivity index (χ4v) is 1.58. The number of aromatic amines is 1. The van der Waals surface area contributed by atoms with Gasteiger partial charge in [0, 0.05) is 0 Å².